The van der Waals surface area contributed by atoms with E-state index >= 15 is 0 Å². The normalized spacial score (nSPS) is 17.9. The fourth-order valence-corrected chi connectivity index (χ4v) is 3.35. The Morgan fingerprint density at radius 3 is 2.35 bits per heavy atom. The van der Waals surface area contributed by atoms with Crippen molar-refractivity contribution in [2.45, 2.75) is 45.4 Å². The Morgan fingerprint density at radius 2 is 1.80 bits per heavy atom. The van der Waals surface area contributed by atoms with Gasteiger partial charge in [0.25, 0.3) is 0 Å². The van der Waals surface area contributed by atoms with Crippen LogP contribution in [0.4, 0.5) is 10.1 Å². The summed E-state index contributed by atoms with van der Waals surface area (Å²) in [4.78, 5) is 2.32. The van der Waals surface area contributed by atoms with Gasteiger partial charge in [0.2, 0.25) is 0 Å². The summed E-state index contributed by atoms with van der Waals surface area (Å²) in [6, 6.07) is 6.82. The van der Waals surface area contributed by atoms with Crippen LogP contribution in [0, 0.1) is 11.2 Å². The van der Waals surface area contributed by atoms with Crippen LogP contribution in [0.25, 0.3) is 0 Å². The molecule has 0 aromatic heterocycles. The van der Waals surface area contributed by atoms with E-state index in [2.05, 4.69) is 11.8 Å². The number of hydrogen-bond acceptors (Lipinski definition) is 2. The lowest BCUT2D eigenvalue weighted by Crippen LogP contribution is -2.37. The predicted molar refractivity (Wildman–Crippen MR) is 83.5 cm³/mol. The van der Waals surface area contributed by atoms with Crippen molar-refractivity contribution in [3.05, 3.63) is 30.1 Å². The Bertz CT molecular complexity index is 396. The number of rotatable bonds is 6. The molecule has 0 heterocycles. The number of halogens is 1. The minimum absolute atomic E-state index is 0.171. The highest BCUT2D eigenvalue weighted by Crippen LogP contribution is 2.38. The molecule has 1 aliphatic carbocycles. The minimum Gasteiger partial charge on any atom is -0.372 e. The Balaban J connectivity index is 1.97. The van der Waals surface area contributed by atoms with Gasteiger partial charge in [0.05, 0.1) is 0 Å². The molecule has 2 nitrogen and oxygen atoms in total. The summed E-state index contributed by atoms with van der Waals surface area (Å²) in [5.74, 6) is -0.171. The van der Waals surface area contributed by atoms with Gasteiger partial charge >= 0.3 is 0 Å². The number of nitrogens with two attached hydrogens (primary N) is 1. The topological polar surface area (TPSA) is 29.3 Å². The molecule has 1 aromatic carbocycles. The highest BCUT2D eigenvalue weighted by Gasteiger charge is 2.30. The van der Waals surface area contributed by atoms with Crippen molar-refractivity contribution in [1.82, 2.24) is 0 Å². The van der Waals surface area contributed by atoms with Gasteiger partial charge in [0.15, 0.2) is 0 Å². The Morgan fingerprint density at radius 1 is 1.15 bits per heavy atom. The summed E-state index contributed by atoms with van der Waals surface area (Å²) < 4.78 is 13.0. The molecule has 1 aromatic rings. The summed E-state index contributed by atoms with van der Waals surface area (Å²) in [6.07, 6.45) is 7.68. The lowest BCUT2D eigenvalue weighted by Gasteiger charge is -2.38. The highest BCUT2D eigenvalue weighted by molar-refractivity contribution is 5.46. The van der Waals surface area contributed by atoms with Gasteiger partial charge in [0, 0.05) is 18.8 Å². The van der Waals surface area contributed by atoms with Crippen molar-refractivity contribution in [2.24, 2.45) is 11.1 Å². The molecule has 0 unspecified atom stereocenters. The first-order valence-electron chi connectivity index (χ1n) is 7.90. The second-order valence-corrected chi connectivity index (χ2v) is 6.07. The van der Waals surface area contributed by atoms with Crippen molar-refractivity contribution >= 4 is 5.69 Å². The van der Waals surface area contributed by atoms with Gasteiger partial charge < -0.3 is 10.6 Å². The standard InChI is InChI=1S/C17H27FN2/c1-2-20(16-8-6-15(18)7-9-16)13-12-17(14-19)10-4-3-5-11-17/h6-9H,2-5,10-14,19H2,1H3. The molecule has 1 aliphatic rings. The largest absolute Gasteiger partial charge is 0.372 e. The van der Waals surface area contributed by atoms with E-state index in [1.54, 1.807) is 0 Å². The molecule has 1 fully saturated rings. The van der Waals surface area contributed by atoms with Crippen LogP contribution < -0.4 is 10.6 Å². The third kappa shape index (κ3) is 3.72. The molecule has 1 saturated carbocycles. The van der Waals surface area contributed by atoms with E-state index in [1.807, 2.05) is 12.1 Å². The summed E-state index contributed by atoms with van der Waals surface area (Å²) in [5, 5.41) is 0. The maximum atomic E-state index is 13.0. The molecule has 3 heteroatoms. The summed E-state index contributed by atoms with van der Waals surface area (Å²) in [5.41, 5.74) is 7.50. The highest BCUT2D eigenvalue weighted by atomic mass is 19.1. The lowest BCUT2D eigenvalue weighted by molar-refractivity contribution is 0.185. The van der Waals surface area contributed by atoms with Gasteiger partial charge in [0.1, 0.15) is 5.82 Å². The predicted octanol–water partition coefficient (Wildman–Crippen LogP) is 3.95. The third-order valence-electron chi connectivity index (χ3n) is 4.83. The monoisotopic (exact) mass is 278 g/mol. The first-order valence-corrected chi connectivity index (χ1v) is 7.90. The fraction of sp³-hybridized carbons (Fsp3) is 0.647. The van der Waals surface area contributed by atoms with Gasteiger partial charge in [-0.3, -0.25) is 0 Å². The van der Waals surface area contributed by atoms with Crippen LogP contribution in [-0.2, 0) is 0 Å². The number of hydrogen-bond donors (Lipinski definition) is 1. The fourth-order valence-electron chi connectivity index (χ4n) is 3.35. The van der Waals surface area contributed by atoms with E-state index in [-0.39, 0.29) is 5.82 Å². The van der Waals surface area contributed by atoms with Crippen LogP contribution in [0.3, 0.4) is 0 Å². The van der Waals surface area contributed by atoms with Crippen LogP contribution in [0.15, 0.2) is 24.3 Å². The summed E-state index contributed by atoms with van der Waals surface area (Å²) in [6.45, 7) is 4.92. The van der Waals surface area contributed by atoms with Crippen LogP contribution in [0.2, 0.25) is 0 Å². The smallest absolute Gasteiger partial charge is 0.123 e. The molecule has 112 valence electrons. The number of nitrogens with zero attached hydrogens (tertiary/aromatic N) is 1. The average Bonchev–Trinajstić information content (AvgIpc) is 2.50. The van der Waals surface area contributed by atoms with Crippen LogP contribution in [0.1, 0.15) is 45.4 Å². The Kier molecular flexibility index (Phi) is 5.41. The van der Waals surface area contributed by atoms with Crippen molar-refractivity contribution < 1.29 is 4.39 Å². The van der Waals surface area contributed by atoms with Crippen LogP contribution in [0.5, 0.6) is 0 Å². The maximum Gasteiger partial charge on any atom is 0.123 e. The number of benzene rings is 1. The van der Waals surface area contributed by atoms with Gasteiger partial charge in [-0.15, -0.1) is 0 Å². The lowest BCUT2D eigenvalue weighted by atomic mass is 9.72. The molecule has 0 saturated heterocycles. The van der Waals surface area contributed by atoms with E-state index in [4.69, 9.17) is 5.73 Å². The van der Waals surface area contributed by atoms with Crippen molar-refractivity contribution in [3.63, 3.8) is 0 Å². The van der Waals surface area contributed by atoms with E-state index in [9.17, 15) is 4.39 Å². The first-order chi connectivity index (χ1) is 9.69. The minimum atomic E-state index is -0.171. The van der Waals surface area contributed by atoms with Crippen molar-refractivity contribution in [1.29, 1.82) is 0 Å². The summed E-state index contributed by atoms with van der Waals surface area (Å²) in [7, 11) is 0. The zero-order chi connectivity index (χ0) is 14.4. The van der Waals surface area contributed by atoms with Gasteiger partial charge in [-0.05, 0) is 62.4 Å². The second kappa shape index (κ2) is 7.07. The molecule has 0 radical (unpaired) electrons. The Hall–Kier alpha value is -1.09. The third-order valence-corrected chi connectivity index (χ3v) is 4.83. The van der Waals surface area contributed by atoms with E-state index in [0.717, 1.165) is 31.7 Å². The molecule has 2 N–H and O–H groups in total. The Labute approximate surface area is 122 Å². The van der Waals surface area contributed by atoms with E-state index in [0.29, 0.717) is 5.41 Å². The van der Waals surface area contributed by atoms with Gasteiger partial charge in [-0.1, -0.05) is 19.3 Å². The molecule has 0 bridgehead atoms. The van der Waals surface area contributed by atoms with Crippen LogP contribution in [-0.4, -0.2) is 19.6 Å². The zero-order valence-corrected chi connectivity index (χ0v) is 12.6. The van der Waals surface area contributed by atoms with Crippen LogP contribution >= 0.6 is 0 Å². The quantitative estimate of drug-likeness (QED) is 0.853. The van der Waals surface area contributed by atoms with Gasteiger partial charge in [-0.25, -0.2) is 4.39 Å². The van der Waals surface area contributed by atoms with Gasteiger partial charge in [-0.2, -0.15) is 0 Å². The molecular weight excluding hydrogens is 251 g/mol. The first kappa shape index (κ1) is 15.3. The molecule has 2 rings (SSSR count). The SMILES string of the molecule is CCN(CCC1(CN)CCCCC1)c1ccc(F)cc1. The maximum absolute atomic E-state index is 13.0. The molecule has 0 aliphatic heterocycles. The molecule has 0 amide bonds. The van der Waals surface area contributed by atoms with Crippen molar-refractivity contribution in [2.75, 3.05) is 24.5 Å². The second-order valence-electron chi connectivity index (χ2n) is 6.07. The van der Waals surface area contributed by atoms with E-state index in [1.165, 1.54) is 44.2 Å². The molecule has 20 heavy (non-hydrogen) atoms. The number of anilines is 1. The zero-order valence-electron chi connectivity index (χ0n) is 12.6. The summed E-state index contributed by atoms with van der Waals surface area (Å²) >= 11 is 0. The molecule has 0 spiro atoms. The van der Waals surface area contributed by atoms with E-state index < -0.39 is 0 Å². The molecule has 0 atom stereocenters. The van der Waals surface area contributed by atoms with Crippen molar-refractivity contribution in [3.8, 4) is 0 Å². The molecular formula is C17H27FN2. The average molecular weight is 278 g/mol.